The highest BCUT2D eigenvalue weighted by atomic mass is 15.0. The molecule has 0 amide bonds. The third-order valence-electron chi connectivity index (χ3n) is 1.94. The molecule has 1 heterocycles. The average Bonchev–Trinajstić information content (AvgIpc) is 2.29. The lowest BCUT2D eigenvalue weighted by Gasteiger charge is -2.17. The summed E-state index contributed by atoms with van der Waals surface area (Å²) in [5.74, 6) is 0. The van der Waals surface area contributed by atoms with Gasteiger partial charge in [0.1, 0.15) is 0 Å². The molecule has 0 aromatic carbocycles. The van der Waals surface area contributed by atoms with Crippen LogP contribution in [0.2, 0.25) is 0 Å². The Morgan fingerprint density at radius 3 is 2.67 bits per heavy atom. The number of aryl methyl sites for hydroxylation is 2. The summed E-state index contributed by atoms with van der Waals surface area (Å²) in [5.41, 5.74) is 7.04. The molecule has 3 nitrogen and oxygen atoms in total. The van der Waals surface area contributed by atoms with Gasteiger partial charge in [-0.05, 0) is 26.7 Å². The van der Waals surface area contributed by atoms with E-state index < -0.39 is 0 Å². The zero-order chi connectivity index (χ0) is 9.19. The van der Waals surface area contributed by atoms with E-state index in [4.69, 9.17) is 5.73 Å². The van der Waals surface area contributed by atoms with Crippen molar-refractivity contribution in [3.8, 4) is 0 Å². The van der Waals surface area contributed by atoms with Crippen LogP contribution < -0.4 is 5.73 Å². The van der Waals surface area contributed by atoms with Gasteiger partial charge in [0.25, 0.3) is 0 Å². The van der Waals surface area contributed by atoms with Crippen LogP contribution in [0, 0.1) is 0 Å². The first kappa shape index (κ1) is 9.26. The molecule has 0 fully saturated rings. The molecule has 0 aliphatic carbocycles. The van der Waals surface area contributed by atoms with Crippen LogP contribution >= 0.6 is 0 Å². The van der Waals surface area contributed by atoms with Crippen LogP contribution in [0.4, 0.5) is 0 Å². The molecule has 0 spiro atoms. The molecule has 1 rings (SSSR count). The Morgan fingerprint density at radius 2 is 2.25 bits per heavy atom. The van der Waals surface area contributed by atoms with Crippen molar-refractivity contribution < 1.29 is 0 Å². The maximum absolute atomic E-state index is 5.87. The largest absolute Gasteiger partial charge is 0.338 e. The summed E-state index contributed by atoms with van der Waals surface area (Å²) < 4.78 is 2.03. The summed E-state index contributed by atoms with van der Waals surface area (Å²) in [6.45, 7) is 4.09. The molecule has 0 radical (unpaired) electrons. The van der Waals surface area contributed by atoms with Gasteiger partial charge in [0.05, 0.1) is 6.33 Å². The lowest BCUT2D eigenvalue weighted by atomic mass is 9.99. The van der Waals surface area contributed by atoms with E-state index in [0.29, 0.717) is 0 Å². The summed E-state index contributed by atoms with van der Waals surface area (Å²) >= 11 is 0. The van der Waals surface area contributed by atoms with Crippen LogP contribution in [-0.2, 0) is 13.5 Å². The van der Waals surface area contributed by atoms with Crippen molar-refractivity contribution in [2.24, 2.45) is 12.8 Å². The van der Waals surface area contributed by atoms with E-state index in [1.165, 1.54) is 5.69 Å². The lowest BCUT2D eigenvalue weighted by Crippen LogP contribution is -2.32. The van der Waals surface area contributed by atoms with Gasteiger partial charge in [0.2, 0.25) is 0 Å². The van der Waals surface area contributed by atoms with Gasteiger partial charge >= 0.3 is 0 Å². The topological polar surface area (TPSA) is 43.8 Å². The first-order chi connectivity index (χ1) is 5.49. The van der Waals surface area contributed by atoms with Gasteiger partial charge in [-0.1, -0.05) is 0 Å². The Bertz CT molecular complexity index is 245. The number of aromatic nitrogens is 2. The molecular formula is C9H17N3. The molecule has 0 unspecified atom stereocenters. The maximum Gasteiger partial charge on any atom is 0.0945 e. The highest BCUT2D eigenvalue weighted by Crippen LogP contribution is 2.09. The molecule has 2 N–H and O–H groups in total. The van der Waals surface area contributed by atoms with E-state index in [9.17, 15) is 0 Å². The summed E-state index contributed by atoms with van der Waals surface area (Å²) in [6.07, 6.45) is 5.71. The van der Waals surface area contributed by atoms with Crippen LogP contribution in [-0.4, -0.2) is 15.1 Å². The minimum atomic E-state index is -0.0791. The Morgan fingerprint density at radius 1 is 1.58 bits per heavy atom. The molecule has 0 saturated heterocycles. The number of hydrogen-bond donors (Lipinski definition) is 1. The number of nitrogens with zero attached hydrogens (tertiary/aromatic N) is 2. The Hall–Kier alpha value is -0.830. The molecule has 1 aromatic heterocycles. The fourth-order valence-electron chi connectivity index (χ4n) is 1.08. The van der Waals surface area contributed by atoms with E-state index in [1.807, 2.05) is 38.0 Å². The van der Waals surface area contributed by atoms with Crippen molar-refractivity contribution in [2.75, 3.05) is 0 Å². The third-order valence-corrected chi connectivity index (χ3v) is 1.94. The van der Waals surface area contributed by atoms with Gasteiger partial charge in [-0.3, -0.25) is 0 Å². The van der Waals surface area contributed by atoms with Crippen LogP contribution in [0.5, 0.6) is 0 Å². The van der Waals surface area contributed by atoms with Crippen LogP contribution in [0.25, 0.3) is 0 Å². The van der Waals surface area contributed by atoms with Crippen molar-refractivity contribution in [2.45, 2.75) is 32.2 Å². The maximum atomic E-state index is 5.87. The van der Waals surface area contributed by atoms with Crippen LogP contribution in [0.1, 0.15) is 26.0 Å². The lowest BCUT2D eigenvalue weighted by molar-refractivity contribution is 0.471. The molecule has 12 heavy (non-hydrogen) atoms. The molecule has 1 aromatic rings. The molecule has 0 aliphatic rings. The highest BCUT2D eigenvalue weighted by molar-refractivity contribution is 4.98. The first-order valence-corrected chi connectivity index (χ1v) is 4.23. The van der Waals surface area contributed by atoms with Gasteiger partial charge in [-0.25, -0.2) is 4.98 Å². The van der Waals surface area contributed by atoms with E-state index >= 15 is 0 Å². The van der Waals surface area contributed by atoms with Gasteiger partial charge in [0.15, 0.2) is 0 Å². The summed E-state index contributed by atoms with van der Waals surface area (Å²) in [7, 11) is 2.01. The smallest absolute Gasteiger partial charge is 0.0945 e. The fraction of sp³-hybridized carbons (Fsp3) is 0.667. The second-order valence-electron chi connectivity index (χ2n) is 3.98. The zero-order valence-electron chi connectivity index (χ0n) is 8.04. The zero-order valence-corrected chi connectivity index (χ0v) is 8.04. The molecule has 68 valence electrons. The molecular weight excluding hydrogens is 150 g/mol. The van der Waals surface area contributed by atoms with E-state index in [-0.39, 0.29) is 5.54 Å². The number of rotatable bonds is 3. The SMILES string of the molecule is Cn1cncc1CCC(C)(C)N. The van der Waals surface area contributed by atoms with E-state index in [2.05, 4.69) is 4.98 Å². The Labute approximate surface area is 73.6 Å². The van der Waals surface area contributed by atoms with E-state index in [1.54, 1.807) is 0 Å². The summed E-state index contributed by atoms with van der Waals surface area (Å²) in [6, 6.07) is 0. The first-order valence-electron chi connectivity index (χ1n) is 4.23. The van der Waals surface area contributed by atoms with Crippen molar-refractivity contribution in [1.29, 1.82) is 0 Å². The normalized spacial score (nSPS) is 12.0. The second kappa shape index (κ2) is 3.27. The third kappa shape index (κ3) is 2.66. The minimum absolute atomic E-state index is 0.0791. The summed E-state index contributed by atoms with van der Waals surface area (Å²) in [5, 5.41) is 0. The molecule has 0 saturated carbocycles. The Balaban J connectivity index is 2.49. The second-order valence-corrected chi connectivity index (χ2v) is 3.98. The van der Waals surface area contributed by atoms with E-state index in [0.717, 1.165) is 12.8 Å². The average molecular weight is 167 g/mol. The molecule has 0 aliphatic heterocycles. The molecule has 3 heteroatoms. The van der Waals surface area contributed by atoms with Gasteiger partial charge in [-0.15, -0.1) is 0 Å². The fourth-order valence-corrected chi connectivity index (χ4v) is 1.08. The van der Waals surface area contributed by atoms with Crippen molar-refractivity contribution >= 4 is 0 Å². The van der Waals surface area contributed by atoms with Gasteiger partial charge < -0.3 is 10.3 Å². The number of imidazole rings is 1. The predicted octanol–water partition coefficient (Wildman–Crippen LogP) is 1.09. The van der Waals surface area contributed by atoms with Gasteiger partial charge in [0, 0.05) is 24.5 Å². The summed E-state index contributed by atoms with van der Waals surface area (Å²) in [4.78, 5) is 4.04. The molecule has 0 atom stereocenters. The minimum Gasteiger partial charge on any atom is -0.338 e. The van der Waals surface area contributed by atoms with Crippen molar-refractivity contribution in [1.82, 2.24) is 9.55 Å². The standard InChI is InChI=1S/C9H17N3/c1-9(2,10)5-4-8-6-11-7-12(8)3/h6-7H,4-5,10H2,1-3H3. The number of hydrogen-bond acceptors (Lipinski definition) is 2. The predicted molar refractivity (Wildman–Crippen MR) is 49.8 cm³/mol. The van der Waals surface area contributed by atoms with Gasteiger partial charge in [-0.2, -0.15) is 0 Å². The Kier molecular flexibility index (Phi) is 2.52. The van der Waals surface area contributed by atoms with Crippen molar-refractivity contribution in [3.63, 3.8) is 0 Å². The highest BCUT2D eigenvalue weighted by Gasteiger charge is 2.11. The van der Waals surface area contributed by atoms with Crippen molar-refractivity contribution in [3.05, 3.63) is 18.2 Å². The molecule has 0 bridgehead atoms. The quantitative estimate of drug-likeness (QED) is 0.732. The van der Waals surface area contributed by atoms with Crippen LogP contribution in [0.15, 0.2) is 12.5 Å². The number of nitrogens with two attached hydrogens (primary N) is 1. The van der Waals surface area contributed by atoms with Crippen LogP contribution in [0.3, 0.4) is 0 Å². The monoisotopic (exact) mass is 167 g/mol.